The van der Waals surface area contributed by atoms with Gasteiger partial charge in [-0.2, -0.15) is 0 Å². The first-order chi connectivity index (χ1) is 9.60. The molecule has 20 heavy (non-hydrogen) atoms. The molecule has 0 aliphatic rings. The molecule has 1 aromatic carbocycles. The Labute approximate surface area is 119 Å². The van der Waals surface area contributed by atoms with E-state index in [9.17, 15) is 9.59 Å². The highest BCUT2D eigenvalue weighted by molar-refractivity contribution is 5.81. The maximum absolute atomic E-state index is 12.1. The van der Waals surface area contributed by atoms with Gasteiger partial charge in [0.05, 0.1) is 18.9 Å². The van der Waals surface area contributed by atoms with Crippen molar-refractivity contribution >= 4 is 11.9 Å². The Morgan fingerprint density at radius 1 is 1.25 bits per heavy atom. The zero-order valence-corrected chi connectivity index (χ0v) is 11.9. The van der Waals surface area contributed by atoms with E-state index >= 15 is 0 Å². The van der Waals surface area contributed by atoms with Crippen LogP contribution in [0.2, 0.25) is 0 Å². The number of methoxy groups -OCH3 is 1. The van der Waals surface area contributed by atoms with E-state index in [4.69, 9.17) is 4.74 Å². The molecular weight excluding hydrogens is 256 g/mol. The van der Waals surface area contributed by atoms with Crippen LogP contribution in [0.4, 0.5) is 0 Å². The van der Waals surface area contributed by atoms with Crippen LogP contribution in [0.3, 0.4) is 0 Å². The van der Waals surface area contributed by atoms with E-state index in [1.54, 1.807) is 13.0 Å². The first kappa shape index (κ1) is 16.0. The van der Waals surface area contributed by atoms with Crippen molar-refractivity contribution in [1.82, 2.24) is 0 Å². The van der Waals surface area contributed by atoms with E-state index in [1.807, 2.05) is 30.3 Å². The molecule has 0 unspecified atom stereocenters. The highest BCUT2D eigenvalue weighted by Crippen LogP contribution is 2.20. The summed E-state index contributed by atoms with van der Waals surface area (Å²) in [6, 6.07) is 9.40. The molecule has 0 N–H and O–H groups in total. The summed E-state index contributed by atoms with van der Waals surface area (Å²) in [5.41, 5.74) is 0.906. The van der Waals surface area contributed by atoms with Gasteiger partial charge < -0.3 is 9.47 Å². The van der Waals surface area contributed by atoms with Gasteiger partial charge in [0.2, 0.25) is 0 Å². The van der Waals surface area contributed by atoms with Gasteiger partial charge in [-0.1, -0.05) is 43.3 Å². The fraction of sp³-hybridized carbons (Fsp3) is 0.375. The fourth-order valence-corrected chi connectivity index (χ4v) is 1.87. The molecule has 0 heterocycles. The zero-order valence-electron chi connectivity index (χ0n) is 11.9. The van der Waals surface area contributed by atoms with Gasteiger partial charge in [-0.05, 0) is 12.0 Å². The lowest BCUT2D eigenvalue weighted by Gasteiger charge is -2.19. The van der Waals surface area contributed by atoms with E-state index in [-0.39, 0.29) is 6.61 Å². The van der Waals surface area contributed by atoms with Crippen molar-refractivity contribution in [3.05, 3.63) is 48.6 Å². The Hall–Kier alpha value is -2.10. The molecule has 4 heteroatoms. The van der Waals surface area contributed by atoms with Crippen LogP contribution in [0, 0.1) is 11.8 Å². The number of ether oxygens (including phenoxy) is 2. The summed E-state index contributed by atoms with van der Waals surface area (Å²) >= 11 is 0. The molecule has 2 atom stereocenters. The summed E-state index contributed by atoms with van der Waals surface area (Å²) in [4.78, 5) is 23.6. The van der Waals surface area contributed by atoms with Crippen LogP contribution in [0.15, 0.2) is 43.0 Å². The Morgan fingerprint density at radius 2 is 1.90 bits per heavy atom. The van der Waals surface area contributed by atoms with Crippen molar-refractivity contribution in [3.8, 4) is 0 Å². The molecule has 0 spiro atoms. The number of hydrogen-bond donors (Lipinski definition) is 0. The summed E-state index contributed by atoms with van der Waals surface area (Å²) in [6.07, 6.45) is 1.98. The molecule has 0 aromatic heterocycles. The van der Waals surface area contributed by atoms with Crippen LogP contribution in [0.25, 0.3) is 0 Å². The molecule has 0 fully saturated rings. The van der Waals surface area contributed by atoms with Gasteiger partial charge >= 0.3 is 11.9 Å². The standard InChI is InChI=1S/C16H20O4/c1-4-8-14(12(2)15(17)19-3)16(18)20-11-13-9-6-5-7-10-13/h4-7,9-10,12,14H,1,8,11H2,2-3H3/t12-,14-/m0/s1. The van der Waals surface area contributed by atoms with Gasteiger partial charge in [0.1, 0.15) is 6.61 Å². The minimum atomic E-state index is -0.566. The number of carbonyl (C=O) groups is 2. The predicted molar refractivity (Wildman–Crippen MR) is 75.7 cm³/mol. The summed E-state index contributed by atoms with van der Waals surface area (Å²) in [6.45, 7) is 5.46. The molecule has 0 bridgehead atoms. The van der Waals surface area contributed by atoms with Gasteiger partial charge in [-0.25, -0.2) is 0 Å². The van der Waals surface area contributed by atoms with E-state index < -0.39 is 23.8 Å². The van der Waals surface area contributed by atoms with Gasteiger partial charge in [0, 0.05) is 0 Å². The Kier molecular flexibility index (Phi) is 6.50. The summed E-state index contributed by atoms with van der Waals surface area (Å²) in [5.74, 6) is -1.95. The average molecular weight is 276 g/mol. The second-order valence-corrected chi connectivity index (χ2v) is 4.54. The van der Waals surface area contributed by atoms with Gasteiger partial charge in [-0.3, -0.25) is 9.59 Å². The smallest absolute Gasteiger partial charge is 0.310 e. The lowest BCUT2D eigenvalue weighted by Crippen LogP contribution is -2.29. The molecule has 0 aliphatic carbocycles. The van der Waals surface area contributed by atoms with Crippen LogP contribution < -0.4 is 0 Å². The molecule has 1 rings (SSSR count). The molecular formula is C16H20O4. The lowest BCUT2D eigenvalue weighted by atomic mass is 9.91. The topological polar surface area (TPSA) is 52.6 Å². The lowest BCUT2D eigenvalue weighted by molar-refractivity contribution is -0.159. The first-order valence-electron chi connectivity index (χ1n) is 6.49. The quantitative estimate of drug-likeness (QED) is 0.567. The van der Waals surface area contributed by atoms with Crippen LogP contribution in [-0.2, 0) is 25.7 Å². The number of hydrogen-bond acceptors (Lipinski definition) is 4. The van der Waals surface area contributed by atoms with Crippen molar-refractivity contribution in [2.75, 3.05) is 7.11 Å². The first-order valence-corrected chi connectivity index (χ1v) is 6.49. The maximum Gasteiger partial charge on any atom is 0.310 e. The molecule has 4 nitrogen and oxygen atoms in total. The van der Waals surface area contributed by atoms with Crippen LogP contribution >= 0.6 is 0 Å². The average Bonchev–Trinajstić information content (AvgIpc) is 2.49. The van der Waals surface area contributed by atoms with E-state index in [1.165, 1.54) is 7.11 Å². The maximum atomic E-state index is 12.1. The Balaban J connectivity index is 2.64. The highest BCUT2D eigenvalue weighted by atomic mass is 16.5. The van der Waals surface area contributed by atoms with Gasteiger partial charge in [-0.15, -0.1) is 6.58 Å². The number of allylic oxidation sites excluding steroid dienone is 1. The second kappa shape index (κ2) is 8.15. The van der Waals surface area contributed by atoms with E-state index in [0.717, 1.165) is 5.56 Å². The van der Waals surface area contributed by atoms with Crippen LogP contribution in [0.5, 0.6) is 0 Å². The third-order valence-corrected chi connectivity index (χ3v) is 3.12. The van der Waals surface area contributed by atoms with E-state index in [0.29, 0.717) is 6.42 Å². The normalized spacial score (nSPS) is 13.1. The molecule has 1 aromatic rings. The van der Waals surface area contributed by atoms with Crippen LogP contribution in [0.1, 0.15) is 18.9 Å². The number of benzene rings is 1. The van der Waals surface area contributed by atoms with Crippen molar-refractivity contribution < 1.29 is 19.1 Å². The molecule has 0 saturated carbocycles. The molecule has 0 amide bonds. The summed E-state index contributed by atoms with van der Waals surface area (Å²) in [7, 11) is 1.30. The highest BCUT2D eigenvalue weighted by Gasteiger charge is 2.31. The molecule has 0 aliphatic heterocycles. The minimum Gasteiger partial charge on any atom is -0.469 e. The molecule has 108 valence electrons. The minimum absolute atomic E-state index is 0.196. The van der Waals surface area contributed by atoms with Crippen molar-refractivity contribution in [3.63, 3.8) is 0 Å². The largest absolute Gasteiger partial charge is 0.469 e. The Morgan fingerprint density at radius 3 is 2.45 bits per heavy atom. The van der Waals surface area contributed by atoms with Gasteiger partial charge in [0.15, 0.2) is 0 Å². The molecule has 0 saturated heterocycles. The van der Waals surface area contributed by atoms with Crippen molar-refractivity contribution in [2.24, 2.45) is 11.8 Å². The summed E-state index contributed by atoms with van der Waals surface area (Å²) < 4.78 is 9.94. The Bertz CT molecular complexity index is 453. The SMILES string of the molecule is C=CC[C@H](C(=O)OCc1ccccc1)[C@H](C)C(=O)OC. The monoisotopic (exact) mass is 276 g/mol. The van der Waals surface area contributed by atoms with Gasteiger partial charge in [0.25, 0.3) is 0 Å². The number of rotatable bonds is 7. The third-order valence-electron chi connectivity index (χ3n) is 3.12. The fourth-order valence-electron chi connectivity index (χ4n) is 1.87. The van der Waals surface area contributed by atoms with Crippen molar-refractivity contribution in [1.29, 1.82) is 0 Å². The number of esters is 2. The predicted octanol–water partition coefficient (Wildman–Crippen LogP) is 2.73. The third kappa shape index (κ3) is 4.53. The van der Waals surface area contributed by atoms with Crippen molar-refractivity contribution in [2.45, 2.75) is 20.0 Å². The number of carbonyl (C=O) groups excluding carboxylic acids is 2. The summed E-state index contributed by atoms with van der Waals surface area (Å²) in [5, 5.41) is 0. The molecule has 0 radical (unpaired) electrons. The second-order valence-electron chi connectivity index (χ2n) is 4.54. The van der Waals surface area contributed by atoms with E-state index in [2.05, 4.69) is 11.3 Å². The zero-order chi connectivity index (χ0) is 15.0. The van der Waals surface area contributed by atoms with Crippen LogP contribution in [-0.4, -0.2) is 19.0 Å².